The van der Waals surface area contributed by atoms with E-state index in [1.807, 2.05) is 20.2 Å². The molecule has 1 aromatic rings. The Balaban J connectivity index is 2.74. The number of rotatable bonds is 1. The van der Waals surface area contributed by atoms with Gasteiger partial charge in [0, 0.05) is 11.7 Å². The van der Waals surface area contributed by atoms with Crippen LogP contribution in [0.15, 0.2) is 11.3 Å². The molecular formula is C10H16N4. The maximum atomic E-state index is 4.55. The molecule has 2 heterocycles. The molecule has 76 valence electrons. The number of hydrogen-bond donors (Lipinski definition) is 1. The van der Waals surface area contributed by atoms with E-state index in [2.05, 4.69) is 33.7 Å². The van der Waals surface area contributed by atoms with Gasteiger partial charge in [0.25, 0.3) is 0 Å². The highest BCUT2D eigenvalue weighted by atomic mass is 15.2. The maximum Gasteiger partial charge on any atom is 0.159 e. The van der Waals surface area contributed by atoms with Crippen molar-refractivity contribution in [3.63, 3.8) is 0 Å². The predicted molar refractivity (Wildman–Crippen MR) is 55.1 cm³/mol. The number of hydrogen-bond acceptors (Lipinski definition) is 3. The number of nitrogens with one attached hydrogen (secondary N) is 1. The maximum absolute atomic E-state index is 4.55. The number of imidazole rings is 1. The van der Waals surface area contributed by atoms with Gasteiger partial charge >= 0.3 is 0 Å². The zero-order valence-electron chi connectivity index (χ0n) is 9.07. The monoisotopic (exact) mass is 192 g/mol. The molecule has 1 unspecified atom stereocenters. The molecule has 2 rings (SSSR count). The molecule has 0 aromatic carbocycles. The minimum Gasteiger partial charge on any atom is -0.366 e. The summed E-state index contributed by atoms with van der Waals surface area (Å²) in [6.07, 6.45) is 2.01. The molecule has 0 saturated heterocycles. The van der Waals surface area contributed by atoms with E-state index in [4.69, 9.17) is 0 Å². The van der Waals surface area contributed by atoms with Gasteiger partial charge < -0.3 is 9.88 Å². The number of nitrogens with zero attached hydrogens (tertiary/aromatic N) is 3. The van der Waals surface area contributed by atoms with Gasteiger partial charge in [-0.1, -0.05) is 0 Å². The third kappa shape index (κ3) is 1.31. The second-order valence-electron chi connectivity index (χ2n) is 3.99. The molecule has 0 fully saturated rings. The summed E-state index contributed by atoms with van der Waals surface area (Å²) in [4.78, 5) is 8.91. The third-order valence-corrected chi connectivity index (χ3v) is 2.42. The summed E-state index contributed by atoms with van der Waals surface area (Å²) in [5.74, 6) is 0. The topological polar surface area (TPSA) is 42.2 Å². The minimum absolute atomic E-state index is 0.150. The van der Waals surface area contributed by atoms with E-state index in [-0.39, 0.29) is 6.17 Å². The van der Waals surface area contributed by atoms with E-state index >= 15 is 0 Å². The smallest absolute Gasteiger partial charge is 0.159 e. The van der Waals surface area contributed by atoms with Gasteiger partial charge in [0.15, 0.2) is 5.49 Å². The largest absolute Gasteiger partial charge is 0.366 e. The van der Waals surface area contributed by atoms with Gasteiger partial charge in [0.1, 0.15) is 11.5 Å². The van der Waals surface area contributed by atoms with Crippen LogP contribution in [0.3, 0.4) is 0 Å². The molecule has 1 N–H and O–H groups in total. The van der Waals surface area contributed by atoms with Crippen molar-refractivity contribution in [3.05, 3.63) is 17.2 Å². The standard InChI is InChI=1S/C10H16N4/c1-6(2)14-5-11-9-7(3)12-8(4)13-10(9)14/h5-6,8,12H,1-4H3. The van der Waals surface area contributed by atoms with Crippen LogP contribution in [0.5, 0.6) is 0 Å². The molecule has 1 aliphatic heterocycles. The van der Waals surface area contributed by atoms with E-state index in [0.717, 1.165) is 16.5 Å². The van der Waals surface area contributed by atoms with Gasteiger partial charge in [-0.15, -0.1) is 0 Å². The first-order chi connectivity index (χ1) is 6.59. The first-order valence-corrected chi connectivity index (χ1v) is 4.97. The fourth-order valence-corrected chi connectivity index (χ4v) is 1.72. The van der Waals surface area contributed by atoms with Crippen LogP contribution in [0.4, 0.5) is 0 Å². The Morgan fingerprint density at radius 1 is 1.50 bits per heavy atom. The molecule has 1 aliphatic rings. The van der Waals surface area contributed by atoms with Crippen LogP contribution in [0.1, 0.15) is 33.7 Å². The molecule has 0 aliphatic carbocycles. The Bertz CT molecular complexity index is 455. The van der Waals surface area contributed by atoms with Gasteiger partial charge in [0.2, 0.25) is 0 Å². The van der Waals surface area contributed by atoms with Crippen LogP contribution in [0, 0.1) is 0 Å². The number of fused-ring (bicyclic) bond motifs is 1. The summed E-state index contributed by atoms with van der Waals surface area (Å²) < 4.78 is 2.11. The van der Waals surface area contributed by atoms with Crippen molar-refractivity contribution in [2.45, 2.75) is 39.9 Å². The van der Waals surface area contributed by atoms with E-state index in [1.54, 1.807) is 0 Å². The van der Waals surface area contributed by atoms with Crippen LogP contribution in [-0.2, 0) is 0 Å². The van der Waals surface area contributed by atoms with Gasteiger partial charge in [-0.25, -0.2) is 9.98 Å². The van der Waals surface area contributed by atoms with Crippen molar-refractivity contribution >= 4 is 5.70 Å². The van der Waals surface area contributed by atoms with Crippen LogP contribution in [-0.4, -0.2) is 15.7 Å². The Morgan fingerprint density at radius 2 is 2.21 bits per heavy atom. The molecule has 1 atom stereocenters. The molecule has 0 spiro atoms. The summed E-state index contributed by atoms with van der Waals surface area (Å²) in [6, 6.07) is 0.410. The summed E-state index contributed by atoms with van der Waals surface area (Å²) in [6.45, 7) is 8.37. The molecule has 0 radical (unpaired) electrons. The van der Waals surface area contributed by atoms with Crippen molar-refractivity contribution in [1.29, 1.82) is 0 Å². The Morgan fingerprint density at radius 3 is 2.86 bits per heavy atom. The Labute approximate surface area is 83.4 Å². The SMILES string of the molecule is CC1=c2ncn(C(C)C)c2=NC(C)N1. The van der Waals surface area contributed by atoms with Crippen molar-refractivity contribution < 1.29 is 0 Å². The summed E-state index contributed by atoms with van der Waals surface area (Å²) in [5.41, 5.74) is 2.12. The Hall–Kier alpha value is -1.32. The highest BCUT2D eigenvalue weighted by Gasteiger charge is 2.11. The molecule has 1 aromatic heterocycles. The summed E-state index contributed by atoms with van der Waals surface area (Å²) >= 11 is 0. The van der Waals surface area contributed by atoms with E-state index in [1.165, 1.54) is 0 Å². The van der Waals surface area contributed by atoms with Crippen molar-refractivity contribution in [2.75, 3.05) is 0 Å². The summed E-state index contributed by atoms with van der Waals surface area (Å²) in [5, 5.41) is 4.24. The van der Waals surface area contributed by atoms with Crippen molar-refractivity contribution in [3.8, 4) is 0 Å². The lowest BCUT2D eigenvalue weighted by molar-refractivity contribution is 0.547. The van der Waals surface area contributed by atoms with Crippen LogP contribution in [0.25, 0.3) is 5.70 Å². The van der Waals surface area contributed by atoms with E-state index in [9.17, 15) is 0 Å². The van der Waals surface area contributed by atoms with Crippen molar-refractivity contribution in [2.24, 2.45) is 4.99 Å². The third-order valence-electron chi connectivity index (χ3n) is 2.42. The van der Waals surface area contributed by atoms with Gasteiger partial charge in [-0.05, 0) is 27.7 Å². The fourth-order valence-electron chi connectivity index (χ4n) is 1.72. The zero-order chi connectivity index (χ0) is 10.3. The van der Waals surface area contributed by atoms with Gasteiger partial charge in [0.05, 0.1) is 6.33 Å². The lowest BCUT2D eigenvalue weighted by atomic mass is 10.3. The lowest BCUT2D eigenvalue weighted by Crippen LogP contribution is -2.44. The average molecular weight is 192 g/mol. The highest BCUT2D eigenvalue weighted by Crippen LogP contribution is 1.99. The zero-order valence-corrected chi connectivity index (χ0v) is 9.07. The normalized spacial score (nSPS) is 20.4. The van der Waals surface area contributed by atoms with Crippen LogP contribution in [0.2, 0.25) is 0 Å². The van der Waals surface area contributed by atoms with E-state index in [0.29, 0.717) is 6.04 Å². The molecule has 4 heteroatoms. The second kappa shape index (κ2) is 3.12. The molecule has 0 bridgehead atoms. The van der Waals surface area contributed by atoms with E-state index < -0.39 is 0 Å². The minimum atomic E-state index is 0.150. The molecule has 4 nitrogen and oxygen atoms in total. The second-order valence-corrected chi connectivity index (χ2v) is 3.99. The molecule has 14 heavy (non-hydrogen) atoms. The average Bonchev–Trinajstić information content (AvgIpc) is 2.47. The highest BCUT2D eigenvalue weighted by molar-refractivity contribution is 5.37. The molecule has 0 amide bonds. The first-order valence-electron chi connectivity index (χ1n) is 4.97. The predicted octanol–water partition coefficient (Wildman–Crippen LogP) is 0.161. The Kier molecular flexibility index (Phi) is 2.06. The van der Waals surface area contributed by atoms with Crippen molar-refractivity contribution in [1.82, 2.24) is 14.9 Å². The number of aromatic nitrogens is 2. The quantitative estimate of drug-likeness (QED) is 0.688. The summed E-state index contributed by atoms with van der Waals surface area (Å²) in [7, 11) is 0. The van der Waals surface area contributed by atoms with Crippen LogP contribution >= 0.6 is 0 Å². The first kappa shape index (κ1) is 9.24. The molecular weight excluding hydrogens is 176 g/mol. The van der Waals surface area contributed by atoms with Crippen LogP contribution < -0.4 is 16.2 Å². The fraction of sp³-hybridized carbons (Fsp3) is 0.600. The lowest BCUT2D eigenvalue weighted by Gasteiger charge is -2.15. The van der Waals surface area contributed by atoms with Gasteiger partial charge in [-0.3, -0.25) is 0 Å². The molecule has 0 saturated carbocycles. The van der Waals surface area contributed by atoms with Gasteiger partial charge in [-0.2, -0.15) is 0 Å².